The summed E-state index contributed by atoms with van der Waals surface area (Å²) in [6.07, 6.45) is 5.75. The molecule has 2 aliphatic carbocycles. The zero-order chi connectivity index (χ0) is 20.9. The molecule has 0 radical (unpaired) electrons. The van der Waals surface area contributed by atoms with Crippen molar-refractivity contribution >= 4 is 11.7 Å². The van der Waals surface area contributed by atoms with Crippen LogP contribution in [0.5, 0.6) is 0 Å². The molecule has 4 fully saturated rings. The number of allylic oxidation sites excluding steroid dienone is 1. The summed E-state index contributed by atoms with van der Waals surface area (Å²) in [5.41, 5.74) is 2.72. The normalized spacial score (nSPS) is 36.9. The van der Waals surface area contributed by atoms with Crippen LogP contribution in [0.4, 0.5) is 10.1 Å². The van der Waals surface area contributed by atoms with Crippen molar-refractivity contribution in [2.45, 2.75) is 45.1 Å². The molecule has 0 unspecified atom stereocenters. The Kier molecular flexibility index (Phi) is 5.12. The lowest BCUT2D eigenvalue weighted by Gasteiger charge is -2.50. The highest BCUT2D eigenvalue weighted by Crippen LogP contribution is 2.56. The Labute approximate surface area is 179 Å². The van der Waals surface area contributed by atoms with Crippen LogP contribution in [0.15, 0.2) is 36.4 Å². The van der Waals surface area contributed by atoms with Gasteiger partial charge in [0.15, 0.2) is 0 Å². The SMILES string of the molecule is C=C1CCC[C@]2(C)C[C@H]3OC(=O)[C@@H](CN4CCN(c5ccc(F)cc5)CC4)[C@@H]3C[C@@H]12. The average molecular weight is 413 g/mol. The van der Waals surface area contributed by atoms with Gasteiger partial charge in [-0.25, -0.2) is 4.39 Å². The largest absolute Gasteiger partial charge is 0.462 e. The Bertz CT molecular complexity index is 817. The van der Waals surface area contributed by atoms with Crippen molar-refractivity contribution in [2.24, 2.45) is 23.2 Å². The fourth-order valence-corrected chi connectivity index (χ4v) is 6.58. The number of carbonyl (C=O) groups excluding carboxylic acids is 1. The van der Waals surface area contributed by atoms with Gasteiger partial charge in [0.1, 0.15) is 11.9 Å². The molecule has 2 heterocycles. The smallest absolute Gasteiger partial charge is 0.310 e. The molecule has 0 spiro atoms. The number of rotatable bonds is 3. The number of piperazine rings is 1. The molecule has 5 heteroatoms. The second-order valence-corrected chi connectivity index (χ2v) is 10.2. The molecule has 2 saturated carbocycles. The van der Waals surface area contributed by atoms with Crippen molar-refractivity contribution in [3.63, 3.8) is 0 Å². The van der Waals surface area contributed by atoms with Gasteiger partial charge in [0.05, 0.1) is 5.92 Å². The van der Waals surface area contributed by atoms with Gasteiger partial charge in [0, 0.05) is 44.3 Å². The fraction of sp³-hybridized carbons (Fsp3) is 0.640. The standard InChI is InChI=1S/C25H33FN2O2/c1-17-4-3-9-25(2)15-23-20(14-22(17)25)21(24(29)30-23)16-27-10-12-28(13-11-27)19-7-5-18(26)6-8-19/h5-8,20-23H,1,3-4,9-16H2,2H3/t20-,21-,22-,23+,25+/m0/s1. The van der Waals surface area contributed by atoms with E-state index < -0.39 is 0 Å². The van der Waals surface area contributed by atoms with Crippen LogP contribution in [0, 0.1) is 29.0 Å². The molecule has 5 atom stereocenters. The zero-order valence-electron chi connectivity index (χ0n) is 18.0. The van der Waals surface area contributed by atoms with Crippen LogP contribution in [-0.4, -0.2) is 49.7 Å². The third-order valence-electron chi connectivity index (χ3n) is 8.34. The molecule has 2 saturated heterocycles. The van der Waals surface area contributed by atoms with E-state index in [1.54, 1.807) is 0 Å². The maximum Gasteiger partial charge on any atom is 0.310 e. The van der Waals surface area contributed by atoms with Gasteiger partial charge in [-0.15, -0.1) is 0 Å². The molecular formula is C25H33FN2O2. The van der Waals surface area contributed by atoms with E-state index in [9.17, 15) is 9.18 Å². The van der Waals surface area contributed by atoms with Crippen LogP contribution >= 0.6 is 0 Å². The summed E-state index contributed by atoms with van der Waals surface area (Å²) in [5, 5.41) is 0. The summed E-state index contributed by atoms with van der Waals surface area (Å²) in [4.78, 5) is 17.5. The van der Waals surface area contributed by atoms with Gasteiger partial charge in [-0.2, -0.15) is 0 Å². The van der Waals surface area contributed by atoms with Gasteiger partial charge >= 0.3 is 5.97 Å². The van der Waals surface area contributed by atoms with E-state index in [0.717, 1.165) is 57.7 Å². The Balaban J connectivity index is 1.22. The van der Waals surface area contributed by atoms with Crippen molar-refractivity contribution in [3.8, 4) is 0 Å². The summed E-state index contributed by atoms with van der Waals surface area (Å²) in [6.45, 7) is 11.2. The third kappa shape index (κ3) is 3.55. The van der Waals surface area contributed by atoms with Crippen molar-refractivity contribution in [1.82, 2.24) is 4.90 Å². The molecular weight excluding hydrogens is 379 g/mol. The molecule has 1 aromatic carbocycles. The topological polar surface area (TPSA) is 32.8 Å². The Morgan fingerprint density at radius 3 is 2.67 bits per heavy atom. The summed E-state index contributed by atoms with van der Waals surface area (Å²) in [7, 11) is 0. The lowest BCUT2D eigenvalue weighted by atomic mass is 9.55. The van der Waals surface area contributed by atoms with Crippen LogP contribution in [0.2, 0.25) is 0 Å². The Hall–Kier alpha value is -1.88. The van der Waals surface area contributed by atoms with Crippen molar-refractivity contribution in [1.29, 1.82) is 0 Å². The summed E-state index contributed by atoms with van der Waals surface area (Å²) in [6, 6.07) is 6.73. The molecule has 162 valence electrons. The second-order valence-electron chi connectivity index (χ2n) is 10.2. The number of hydrogen-bond acceptors (Lipinski definition) is 4. The van der Waals surface area contributed by atoms with E-state index in [2.05, 4.69) is 23.3 Å². The highest BCUT2D eigenvalue weighted by molar-refractivity contribution is 5.75. The minimum absolute atomic E-state index is 0.00773. The average Bonchev–Trinajstić information content (AvgIpc) is 3.01. The molecule has 4 aliphatic rings. The molecule has 0 N–H and O–H groups in total. The number of benzene rings is 1. The van der Waals surface area contributed by atoms with Crippen LogP contribution in [0.1, 0.15) is 39.0 Å². The zero-order valence-corrected chi connectivity index (χ0v) is 18.0. The lowest BCUT2D eigenvalue weighted by molar-refractivity contribution is -0.146. The van der Waals surface area contributed by atoms with Crippen molar-refractivity contribution < 1.29 is 13.9 Å². The van der Waals surface area contributed by atoms with Gasteiger partial charge < -0.3 is 9.64 Å². The quantitative estimate of drug-likeness (QED) is 0.549. The number of fused-ring (bicyclic) bond motifs is 2. The minimum atomic E-state index is -0.198. The van der Waals surface area contributed by atoms with E-state index in [-0.39, 0.29) is 29.2 Å². The number of anilines is 1. The Morgan fingerprint density at radius 1 is 1.20 bits per heavy atom. The second kappa shape index (κ2) is 7.67. The molecule has 5 rings (SSSR count). The Morgan fingerprint density at radius 2 is 1.93 bits per heavy atom. The van der Waals surface area contributed by atoms with E-state index in [0.29, 0.717) is 11.8 Å². The number of esters is 1. The summed E-state index contributed by atoms with van der Waals surface area (Å²) >= 11 is 0. The highest BCUT2D eigenvalue weighted by Gasteiger charge is 2.55. The van der Waals surface area contributed by atoms with Crippen LogP contribution in [0.25, 0.3) is 0 Å². The number of hydrogen-bond donors (Lipinski definition) is 0. The fourth-order valence-electron chi connectivity index (χ4n) is 6.58. The lowest BCUT2D eigenvalue weighted by Crippen LogP contribution is -2.50. The van der Waals surface area contributed by atoms with E-state index in [1.165, 1.54) is 30.5 Å². The first-order valence-corrected chi connectivity index (χ1v) is 11.5. The summed E-state index contributed by atoms with van der Waals surface area (Å²) < 4.78 is 19.1. The predicted molar refractivity (Wildman–Crippen MR) is 116 cm³/mol. The van der Waals surface area contributed by atoms with Crippen LogP contribution in [0.3, 0.4) is 0 Å². The number of nitrogens with zero attached hydrogens (tertiary/aromatic N) is 2. The van der Waals surface area contributed by atoms with E-state index in [1.807, 2.05) is 12.1 Å². The first-order chi connectivity index (χ1) is 14.4. The molecule has 0 amide bonds. The summed E-state index contributed by atoms with van der Waals surface area (Å²) in [5.74, 6) is 0.682. The number of ether oxygens (including phenoxy) is 1. The molecule has 1 aromatic rings. The van der Waals surface area contributed by atoms with Gasteiger partial charge in [-0.3, -0.25) is 9.69 Å². The maximum absolute atomic E-state index is 13.2. The monoisotopic (exact) mass is 412 g/mol. The molecule has 4 nitrogen and oxygen atoms in total. The van der Waals surface area contributed by atoms with Gasteiger partial charge in [0.2, 0.25) is 0 Å². The van der Waals surface area contributed by atoms with Crippen molar-refractivity contribution in [2.75, 3.05) is 37.6 Å². The third-order valence-corrected chi connectivity index (χ3v) is 8.34. The minimum Gasteiger partial charge on any atom is -0.462 e. The first-order valence-electron chi connectivity index (χ1n) is 11.5. The van der Waals surface area contributed by atoms with E-state index >= 15 is 0 Å². The molecule has 30 heavy (non-hydrogen) atoms. The van der Waals surface area contributed by atoms with Gasteiger partial charge in [-0.1, -0.05) is 19.1 Å². The highest BCUT2D eigenvalue weighted by atomic mass is 19.1. The first kappa shape index (κ1) is 20.0. The molecule has 0 aromatic heterocycles. The van der Waals surface area contributed by atoms with Crippen LogP contribution in [-0.2, 0) is 9.53 Å². The molecule has 2 aliphatic heterocycles. The maximum atomic E-state index is 13.2. The van der Waals surface area contributed by atoms with E-state index in [4.69, 9.17) is 4.74 Å². The predicted octanol–water partition coefficient (Wildman–Crippen LogP) is 4.26. The molecule has 0 bridgehead atoms. The van der Waals surface area contributed by atoms with Crippen molar-refractivity contribution in [3.05, 3.63) is 42.2 Å². The van der Waals surface area contributed by atoms with Gasteiger partial charge in [0.25, 0.3) is 0 Å². The van der Waals surface area contributed by atoms with Gasteiger partial charge in [-0.05, 0) is 67.7 Å². The van der Waals surface area contributed by atoms with Crippen LogP contribution < -0.4 is 4.90 Å². The number of halogens is 1. The number of carbonyl (C=O) groups is 1.